The topological polar surface area (TPSA) is 123 Å². The summed E-state index contributed by atoms with van der Waals surface area (Å²) in [6.07, 6.45) is 10.0. The Hall–Kier alpha value is -3.09. The Morgan fingerprint density at radius 3 is 2.74 bits per heavy atom. The zero-order valence-electron chi connectivity index (χ0n) is 28.5. The Morgan fingerprint density at radius 2 is 1.96 bits per heavy atom. The number of fused-ring (bicyclic) bond motifs is 3. The van der Waals surface area contributed by atoms with Crippen molar-refractivity contribution in [2.75, 3.05) is 6.54 Å². The van der Waals surface area contributed by atoms with Crippen molar-refractivity contribution in [2.45, 2.75) is 101 Å². The Morgan fingerprint density at radius 1 is 1.14 bits per heavy atom. The summed E-state index contributed by atoms with van der Waals surface area (Å²) in [7, 11) is -3.88. The van der Waals surface area contributed by atoms with Gasteiger partial charge in [0.15, 0.2) is 5.78 Å². The number of amides is 2. The molecule has 50 heavy (non-hydrogen) atoms. The van der Waals surface area contributed by atoms with E-state index in [1.807, 2.05) is 43.3 Å². The fraction of sp³-hybridized carbons (Fsp3) is 0.526. The Labute approximate surface area is 306 Å². The number of allylic oxidation sites excluding steroid dienone is 2. The fourth-order valence-corrected chi connectivity index (χ4v) is 10.4. The highest BCUT2D eigenvalue weighted by atomic mass is 79.9. The number of hydrogen-bond donors (Lipinski definition) is 1. The van der Waals surface area contributed by atoms with Gasteiger partial charge in [0.1, 0.15) is 6.10 Å². The molecule has 9 nitrogen and oxygen atoms in total. The second kappa shape index (κ2) is 13.8. The predicted octanol–water partition coefficient (Wildman–Crippen LogP) is 7.06. The molecule has 3 heterocycles. The SMILES string of the molecule is Cc1cccc(C[C@H]2CCCCC/C=C\[C@H]3C[C@@]3(C(=O)NS(=O)(=O)C3(C)CC3)CC(=O)[C@@H]3C[C@@H](Oc4nc5ccc(Br)cc5s4)CN3C2=O)c1. The van der Waals surface area contributed by atoms with Crippen LogP contribution in [0.2, 0.25) is 0 Å². The van der Waals surface area contributed by atoms with E-state index in [4.69, 9.17) is 4.74 Å². The minimum atomic E-state index is -3.88. The Kier molecular flexibility index (Phi) is 9.75. The van der Waals surface area contributed by atoms with Crippen LogP contribution in [0.4, 0.5) is 0 Å². The standard InChI is InChI=1S/C38H44BrN3O6S2/c1-24-9-8-10-25(17-24)18-26-11-6-4-3-5-7-12-27-21-38(27,35(45)41-50(46,47)37(2)15-16-37)22-32(43)31-20-29(23-42(31)34(26)44)48-36-40-30-14-13-28(39)19-33(30)49-36/h7-10,12-14,17,19,26-27,29,31H,3-6,11,15-16,18,20-23H2,1-2H3,(H,41,45)/b12-7-/t26-,27+,29-,31+,38-/m1/s1. The molecule has 4 aliphatic rings. The number of halogens is 1. The van der Waals surface area contributed by atoms with Crippen LogP contribution in [0.25, 0.3) is 10.2 Å². The smallest absolute Gasteiger partial charge is 0.274 e. The number of aryl methyl sites for hydroxylation is 1. The van der Waals surface area contributed by atoms with Crippen LogP contribution >= 0.6 is 27.3 Å². The van der Waals surface area contributed by atoms with Gasteiger partial charge in [-0.25, -0.2) is 13.4 Å². The maximum absolute atomic E-state index is 14.6. The molecule has 1 saturated heterocycles. The van der Waals surface area contributed by atoms with Crippen LogP contribution < -0.4 is 9.46 Å². The molecule has 2 amide bonds. The molecule has 7 rings (SSSR count). The average molecular weight is 783 g/mol. The minimum Gasteiger partial charge on any atom is -0.465 e. The summed E-state index contributed by atoms with van der Waals surface area (Å²) in [5, 5.41) is 0.476. The van der Waals surface area contributed by atoms with Gasteiger partial charge in [-0.1, -0.05) is 82.1 Å². The molecule has 5 atom stereocenters. The lowest BCUT2D eigenvalue weighted by atomic mass is 9.89. The number of aromatic nitrogens is 1. The van der Waals surface area contributed by atoms with Crippen molar-refractivity contribution in [3.63, 3.8) is 0 Å². The van der Waals surface area contributed by atoms with Gasteiger partial charge in [0.05, 0.1) is 33.0 Å². The highest BCUT2D eigenvalue weighted by molar-refractivity contribution is 9.10. The number of carbonyl (C=O) groups is 3. The number of rotatable bonds is 7. The maximum atomic E-state index is 14.6. The molecule has 3 fully saturated rings. The number of ketones is 1. The lowest BCUT2D eigenvalue weighted by Gasteiger charge is -2.29. The van der Waals surface area contributed by atoms with E-state index in [1.54, 1.807) is 11.8 Å². The second-order valence-electron chi connectivity index (χ2n) is 15.0. The number of nitrogens with zero attached hydrogens (tertiary/aromatic N) is 2. The molecule has 0 spiro atoms. The summed E-state index contributed by atoms with van der Waals surface area (Å²) in [4.78, 5) is 49.3. The predicted molar refractivity (Wildman–Crippen MR) is 197 cm³/mol. The summed E-state index contributed by atoms with van der Waals surface area (Å²) in [5.41, 5.74) is 1.86. The van der Waals surface area contributed by atoms with Gasteiger partial charge in [-0.3, -0.25) is 19.1 Å². The van der Waals surface area contributed by atoms with E-state index in [2.05, 4.69) is 43.8 Å². The summed E-state index contributed by atoms with van der Waals surface area (Å²) in [5.74, 6) is -1.48. The number of nitrogens with one attached hydrogen (secondary N) is 1. The molecule has 2 saturated carbocycles. The second-order valence-corrected chi connectivity index (χ2v) is 19.1. The first kappa shape index (κ1) is 35.3. The lowest BCUT2D eigenvalue weighted by molar-refractivity contribution is -0.142. The molecule has 12 heteroatoms. The van der Waals surface area contributed by atoms with Crippen molar-refractivity contribution >= 4 is 65.1 Å². The maximum Gasteiger partial charge on any atom is 0.274 e. The van der Waals surface area contributed by atoms with Crippen LogP contribution in [-0.2, 0) is 30.8 Å². The molecular weight excluding hydrogens is 738 g/mol. The van der Waals surface area contributed by atoms with Gasteiger partial charge >= 0.3 is 0 Å². The van der Waals surface area contributed by atoms with Gasteiger partial charge in [-0.05, 0) is 88.5 Å². The third-order valence-electron chi connectivity index (χ3n) is 11.1. The number of carbonyl (C=O) groups excluding carboxylic acids is 3. The normalized spacial score (nSPS) is 29.0. The summed E-state index contributed by atoms with van der Waals surface area (Å²) in [6, 6.07) is 13.2. The van der Waals surface area contributed by atoms with E-state index in [0.29, 0.717) is 37.3 Å². The van der Waals surface area contributed by atoms with Crippen molar-refractivity contribution in [2.24, 2.45) is 17.3 Å². The highest BCUT2D eigenvalue weighted by Gasteiger charge is 2.62. The molecule has 3 aromatic rings. The van der Waals surface area contributed by atoms with Crippen molar-refractivity contribution < 1.29 is 27.5 Å². The van der Waals surface area contributed by atoms with Crippen molar-refractivity contribution in [1.29, 1.82) is 0 Å². The molecule has 0 bridgehead atoms. The van der Waals surface area contributed by atoms with E-state index in [9.17, 15) is 22.8 Å². The van der Waals surface area contributed by atoms with E-state index < -0.39 is 38.2 Å². The van der Waals surface area contributed by atoms with Gasteiger partial charge in [0.2, 0.25) is 21.8 Å². The largest absolute Gasteiger partial charge is 0.465 e. The van der Waals surface area contributed by atoms with Crippen LogP contribution in [-0.4, -0.2) is 59.3 Å². The van der Waals surface area contributed by atoms with Crippen LogP contribution in [0.5, 0.6) is 5.19 Å². The van der Waals surface area contributed by atoms with E-state index in [-0.39, 0.29) is 42.9 Å². The molecule has 2 aliphatic carbocycles. The number of Topliss-reactive ketones (excluding diaryl/α,β-unsaturated/α-hetero) is 1. The molecule has 2 aliphatic heterocycles. The third kappa shape index (κ3) is 7.30. The number of ether oxygens (including phenoxy) is 1. The zero-order valence-corrected chi connectivity index (χ0v) is 31.7. The monoisotopic (exact) mass is 781 g/mol. The Bertz CT molecular complexity index is 1960. The first-order valence-electron chi connectivity index (χ1n) is 17.7. The molecular formula is C38H44BrN3O6S2. The first-order valence-corrected chi connectivity index (χ1v) is 20.8. The molecule has 266 valence electrons. The zero-order chi connectivity index (χ0) is 35.3. The van der Waals surface area contributed by atoms with Gasteiger partial charge in [0.25, 0.3) is 5.19 Å². The van der Waals surface area contributed by atoms with Crippen LogP contribution in [0.15, 0.2) is 59.1 Å². The molecule has 1 aromatic heterocycles. The van der Waals surface area contributed by atoms with Crippen LogP contribution in [0, 0.1) is 24.2 Å². The first-order chi connectivity index (χ1) is 23.9. The van der Waals surface area contributed by atoms with Crippen LogP contribution in [0.1, 0.15) is 82.3 Å². The van der Waals surface area contributed by atoms with Gasteiger partial charge in [-0.15, -0.1) is 0 Å². The molecule has 1 N–H and O–H groups in total. The number of hydrogen-bond acceptors (Lipinski definition) is 8. The Balaban J connectivity index is 1.19. The van der Waals surface area contributed by atoms with Crippen molar-refractivity contribution in [3.05, 3.63) is 70.2 Å². The van der Waals surface area contributed by atoms with Gasteiger partial charge in [-0.2, -0.15) is 0 Å². The number of benzene rings is 2. The quantitative estimate of drug-likeness (QED) is 0.255. The van der Waals surface area contributed by atoms with Crippen molar-refractivity contribution in [1.82, 2.24) is 14.6 Å². The van der Waals surface area contributed by atoms with E-state index in [0.717, 1.165) is 51.5 Å². The number of thiazole rings is 1. The molecule has 0 radical (unpaired) electrons. The average Bonchev–Trinajstić information content (AvgIpc) is 3.88. The van der Waals surface area contributed by atoms with Gasteiger partial charge < -0.3 is 9.64 Å². The highest BCUT2D eigenvalue weighted by Crippen LogP contribution is 2.57. The summed E-state index contributed by atoms with van der Waals surface area (Å²) >= 11 is 4.93. The number of sulfonamides is 1. The van der Waals surface area contributed by atoms with E-state index >= 15 is 0 Å². The summed E-state index contributed by atoms with van der Waals surface area (Å²) in [6.45, 7) is 3.92. The molecule has 2 aromatic carbocycles. The van der Waals surface area contributed by atoms with E-state index in [1.165, 1.54) is 11.3 Å². The summed E-state index contributed by atoms with van der Waals surface area (Å²) < 4.78 is 36.0. The fourth-order valence-electron chi connectivity index (χ4n) is 7.61. The van der Waals surface area contributed by atoms with Crippen LogP contribution in [0.3, 0.4) is 0 Å². The molecule has 0 unspecified atom stereocenters. The third-order valence-corrected chi connectivity index (χ3v) is 14.7. The van der Waals surface area contributed by atoms with Gasteiger partial charge in [0, 0.05) is 23.2 Å². The van der Waals surface area contributed by atoms with Crippen molar-refractivity contribution in [3.8, 4) is 5.19 Å². The minimum absolute atomic E-state index is 0.0766. The lowest BCUT2D eigenvalue weighted by Crippen LogP contribution is -2.47.